The van der Waals surface area contributed by atoms with Crippen LogP contribution in [0.4, 0.5) is 5.69 Å². The molecule has 186 valence electrons. The molecule has 2 amide bonds. The van der Waals surface area contributed by atoms with Gasteiger partial charge >= 0.3 is 0 Å². The molecule has 3 aliphatic rings. The number of imide groups is 1. The fourth-order valence-electron chi connectivity index (χ4n) is 6.54. The van der Waals surface area contributed by atoms with E-state index in [1.54, 1.807) is 0 Å². The van der Waals surface area contributed by atoms with Crippen molar-refractivity contribution in [2.45, 2.75) is 46.2 Å². The lowest BCUT2D eigenvalue weighted by Crippen LogP contribution is -2.34. The summed E-state index contributed by atoms with van der Waals surface area (Å²) in [6, 6.07) is 14.3. The van der Waals surface area contributed by atoms with Crippen molar-refractivity contribution >= 4 is 39.3 Å². The van der Waals surface area contributed by atoms with E-state index >= 15 is 0 Å². The van der Waals surface area contributed by atoms with E-state index in [1.165, 1.54) is 17.4 Å². The van der Waals surface area contributed by atoms with Crippen LogP contribution in [0.15, 0.2) is 64.7 Å². The lowest BCUT2D eigenvalue weighted by Gasteiger charge is -2.20. The fourth-order valence-corrected chi connectivity index (χ4v) is 6.54. The summed E-state index contributed by atoms with van der Waals surface area (Å²) >= 11 is 0. The van der Waals surface area contributed by atoms with Crippen LogP contribution in [-0.4, -0.2) is 32.4 Å². The highest BCUT2D eigenvalue weighted by atomic mass is 16.2. The van der Waals surface area contributed by atoms with Crippen molar-refractivity contribution in [1.82, 2.24) is 14.0 Å². The number of nitrogens with zero attached hydrogens (tertiary/aromatic N) is 3. The lowest BCUT2D eigenvalue weighted by atomic mass is 9.84. The minimum absolute atomic E-state index is 0.0625. The second-order valence-electron chi connectivity index (χ2n) is 10.9. The van der Waals surface area contributed by atoms with Crippen LogP contribution in [0.2, 0.25) is 0 Å². The number of anilines is 1. The van der Waals surface area contributed by atoms with Crippen molar-refractivity contribution in [1.29, 1.82) is 0 Å². The van der Waals surface area contributed by atoms with Crippen LogP contribution in [-0.2, 0) is 29.1 Å². The fraction of sp³-hybridized carbons (Fsp3) is 0.300. The molecule has 2 aromatic heterocycles. The topological polar surface area (TPSA) is 76.3 Å². The quantitative estimate of drug-likeness (QED) is 0.461. The summed E-state index contributed by atoms with van der Waals surface area (Å²) in [6.45, 7) is 7.40. The highest BCUT2D eigenvalue weighted by Crippen LogP contribution is 2.46. The van der Waals surface area contributed by atoms with Crippen LogP contribution in [0.3, 0.4) is 0 Å². The molecule has 7 rings (SSSR count). The summed E-state index contributed by atoms with van der Waals surface area (Å²) in [5, 5.41) is 5.54. The maximum atomic E-state index is 14.1. The van der Waals surface area contributed by atoms with E-state index in [1.807, 2.05) is 34.9 Å². The largest absolute Gasteiger partial charge is 0.356 e. The van der Waals surface area contributed by atoms with Crippen LogP contribution in [0, 0.1) is 5.92 Å². The molecule has 0 aliphatic carbocycles. The summed E-state index contributed by atoms with van der Waals surface area (Å²) < 4.78 is 4.10. The Morgan fingerprint density at radius 3 is 2.70 bits per heavy atom. The molecular weight excluding hydrogens is 464 g/mol. The zero-order valence-electron chi connectivity index (χ0n) is 21.2. The first kappa shape index (κ1) is 22.1. The van der Waals surface area contributed by atoms with E-state index in [0.717, 1.165) is 46.0 Å². The summed E-state index contributed by atoms with van der Waals surface area (Å²) in [6.07, 6.45) is 2.94. The SMILES string of the molecule is CC(=O)N1CC2=C(C1=O)C(c1cc3cccc4c3n(c1=O)CC4)c1cn(CC(C)C)c3cccc(c13)N2. The molecule has 0 radical (unpaired) electrons. The molecule has 0 bridgehead atoms. The number of aromatic nitrogens is 2. The Bertz CT molecular complexity index is 1770. The normalized spacial score (nSPS) is 18.2. The molecule has 7 nitrogen and oxygen atoms in total. The number of para-hydroxylation sites is 1. The van der Waals surface area contributed by atoms with E-state index in [4.69, 9.17) is 0 Å². The van der Waals surface area contributed by atoms with Crippen molar-refractivity contribution in [3.63, 3.8) is 0 Å². The van der Waals surface area contributed by atoms with Crippen LogP contribution >= 0.6 is 0 Å². The van der Waals surface area contributed by atoms with E-state index in [0.29, 0.717) is 29.3 Å². The molecule has 3 aliphatic heterocycles. The summed E-state index contributed by atoms with van der Waals surface area (Å²) in [7, 11) is 0. The molecule has 1 atom stereocenters. The van der Waals surface area contributed by atoms with Crippen molar-refractivity contribution in [2.24, 2.45) is 5.92 Å². The van der Waals surface area contributed by atoms with Gasteiger partial charge in [0.05, 0.1) is 23.2 Å². The number of hydrogen-bond acceptors (Lipinski definition) is 4. The van der Waals surface area contributed by atoms with E-state index < -0.39 is 5.92 Å². The predicted molar refractivity (Wildman–Crippen MR) is 144 cm³/mol. The van der Waals surface area contributed by atoms with Gasteiger partial charge in [-0.25, -0.2) is 0 Å². The first-order valence-corrected chi connectivity index (χ1v) is 12.9. The third-order valence-corrected chi connectivity index (χ3v) is 8.02. The van der Waals surface area contributed by atoms with Gasteiger partial charge < -0.3 is 14.5 Å². The number of benzene rings is 2. The third kappa shape index (κ3) is 3.03. The van der Waals surface area contributed by atoms with Crippen molar-refractivity contribution < 1.29 is 9.59 Å². The van der Waals surface area contributed by atoms with Crippen molar-refractivity contribution in [3.8, 4) is 0 Å². The van der Waals surface area contributed by atoms with Gasteiger partial charge in [-0.3, -0.25) is 19.3 Å². The highest BCUT2D eigenvalue weighted by Gasteiger charge is 2.43. The van der Waals surface area contributed by atoms with Crippen LogP contribution in [0.1, 0.15) is 43.4 Å². The van der Waals surface area contributed by atoms with Crippen molar-refractivity contribution in [2.75, 3.05) is 11.9 Å². The number of nitrogens with one attached hydrogen (secondary N) is 1. The average molecular weight is 493 g/mol. The number of carbonyl (C=O) groups excluding carboxylic acids is 2. The predicted octanol–water partition coefficient (Wildman–Crippen LogP) is 4.37. The Balaban J connectivity index is 1.56. The summed E-state index contributed by atoms with van der Waals surface area (Å²) in [4.78, 5) is 41.6. The maximum Gasteiger partial charge on any atom is 0.259 e. The molecule has 7 heteroatoms. The Morgan fingerprint density at radius 2 is 1.92 bits per heavy atom. The van der Waals surface area contributed by atoms with E-state index in [2.05, 4.69) is 42.1 Å². The third-order valence-electron chi connectivity index (χ3n) is 8.02. The smallest absolute Gasteiger partial charge is 0.259 e. The minimum Gasteiger partial charge on any atom is -0.356 e. The van der Waals surface area contributed by atoms with Crippen LogP contribution < -0.4 is 10.9 Å². The number of rotatable bonds is 3. The first-order chi connectivity index (χ1) is 17.8. The molecule has 1 unspecified atom stereocenters. The molecule has 4 aromatic rings. The Labute approximate surface area is 214 Å². The number of hydrogen-bond donors (Lipinski definition) is 1. The van der Waals surface area contributed by atoms with Gasteiger partial charge in [0.25, 0.3) is 11.5 Å². The van der Waals surface area contributed by atoms with Gasteiger partial charge in [-0.05, 0) is 47.1 Å². The molecule has 0 saturated carbocycles. The molecule has 0 spiro atoms. The zero-order chi connectivity index (χ0) is 25.6. The molecule has 1 N–H and O–H groups in total. The molecule has 5 heterocycles. The minimum atomic E-state index is -0.580. The van der Waals surface area contributed by atoms with Gasteiger partial charge in [0, 0.05) is 54.5 Å². The Kier molecular flexibility index (Phi) is 4.59. The molecule has 37 heavy (non-hydrogen) atoms. The highest BCUT2D eigenvalue weighted by molar-refractivity contribution is 6.11. The van der Waals surface area contributed by atoms with Crippen LogP contribution in [0.5, 0.6) is 0 Å². The van der Waals surface area contributed by atoms with Gasteiger partial charge in [-0.2, -0.15) is 0 Å². The molecule has 2 aromatic carbocycles. The average Bonchev–Trinajstić information content (AvgIpc) is 3.51. The molecule has 0 fully saturated rings. The lowest BCUT2D eigenvalue weighted by molar-refractivity contribution is -0.139. The van der Waals surface area contributed by atoms with Gasteiger partial charge in [-0.1, -0.05) is 38.1 Å². The second kappa shape index (κ2) is 7.68. The van der Waals surface area contributed by atoms with E-state index in [-0.39, 0.29) is 23.9 Å². The van der Waals surface area contributed by atoms with Crippen molar-refractivity contribution in [3.05, 3.63) is 87.0 Å². The zero-order valence-corrected chi connectivity index (χ0v) is 21.2. The Morgan fingerprint density at radius 1 is 1.11 bits per heavy atom. The number of carbonyl (C=O) groups is 2. The van der Waals surface area contributed by atoms with Gasteiger partial charge in [0.2, 0.25) is 5.91 Å². The van der Waals surface area contributed by atoms with E-state index in [9.17, 15) is 14.4 Å². The van der Waals surface area contributed by atoms with Crippen LogP contribution in [0.25, 0.3) is 21.8 Å². The summed E-state index contributed by atoms with van der Waals surface area (Å²) in [5.41, 5.74) is 6.78. The van der Waals surface area contributed by atoms with Gasteiger partial charge in [0.1, 0.15) is 0 Å². The number of pyridine rings is 1. The van der Waals surface area contributed by atoms with Gasteiger partial charge in [-0.15, -0.1) is 0 Å². The van der Waals surface area contributed by atoms with Gasteiger partial charge in [0.15, 0.2) is 0 Å². The molecule has 0 saturated heterocycles. The number of aryl methyl sites for hydroxylation is 2. The maximum absolute atomic E-state index is 14.1. The first-order valence-electron chi connectivity index (χ1n) is 12.9. The molecular formula is C30H28N4O3. The monoisotopic (exact) mass is 492 g/mol. The Hall–Kier alpha value is -4.13. The standard InChI is InChI=1S/C30H28N4O3/c1-16(2)13-32-14-21-25(20-12-19-7-4-6-18-10-11-33(28(18)19)29(20)36)27-23(15-34(17(3)35)30(27)37)31-22-8-5-9-24(32)26(21)22/h4-9,12,14,16,25,31H,10-11,13,15H2,1-3H3. The second-order valence-corrected chi connectivity index (χ2v) is 10.9. The number of amides is 2. The summed E-state index contributed by atoms with van der Waals surface area (Å²) in [5.74, 6) is -0.785.